The van der Waals surface area contributed by atoms with Crippen molar-refractivity contribution >= 4 is 29.3 Å². The highest BCUT2D eigenvalue weighted by atomic mass is 16.5. The molecule has 3 atom stereocenters. The number of ether oxygens (including phenoxy) is 1. The van der Waals surface area contributed by atoms with Crippen LogP contribution in [0.5, 0.6) is 0 Å². The van der Waals surface area contributed by atoms with Gasteiger partial charge in [0.2, 0.25) is 23.6 Å². The van der Waals surface area contributed by atoms with Crippen molar-refractivity contribution in [3.63, 3.8) is 0 Å². The van der Waals surface area contributed by atoms with E-state index in [9.17, 15) is 19.2 Å². The molecule has 0 fully saturated rings. The molecule has 204 valence electrons. The quantitative estimate of drug-likeness (QED) is 0.259. The number of anilines is 1. The Kier molecular flexibility index (Phi) is 8.94. The number of amides is 4. The summed E-state index contributed by atoms with van der Waals surface area (Å²) >= 11 is 0. The van der Waals surface area contributed by atoms with Gasteiger partial charge >= 0.3 is 0 Å². The molecule has 0 aliphatic carbocycles. The molecule has 13 heteroatoms. The molecule has 0 saturated heterocycles. The number of carbonyl (C=O) groups excluding carboxylic acids is 4. The zero-order chi connectivity index (χ0) is 27.8. The van der Waals surface area contributed by atoms with Crippen molar-refractivity contribution in [3.8, 4) is 0 Å². The van der Waals surface area contributed by atoms with Crippen LogP contribution in [0.15, 0.2) is 54.6 Å². The summed E-state index contributed by atoms with van der Waals surface area (Å²) < 4.78 is 5.30. The standard InChI is InChI=1S/C26H30N8O5/c1-16(39-2)24(29-22(35)12-17-8-4-3-5-9-17)26(38)28-15-23(36)34-19-11-7-6-10-18(19)13-20(34)25(37)27-14-21-30-32-33-31-21/h3-11,16,20,24H,12-15H2,1-2H3,(H,27,37)(H,28,38)(H,29,35)(H,30,31,32,33)/t16-,20+,24+/m1/s1. The SMILES string of the molecule is CO[C@H](C)[C@H](NC(=O)Cc1ccccc1)C(=O)NCC(=O)N1c2ccccc2C[C@H]1C(=O)NCc1nn[nH]n1. The molecular formula is C26H30N8O5. The number of aromatic nitrogens is 4. The van der Waals surface area contributed by atoms with Crippen molar-refractivity contribution in [2.45, 2.75) is 44.5 Å². The highest BCUT2D eigenvalue weighted by Crippen LogP contribution is 2.32. The van der Waals surface area contributed by atoms with Gasteiger partial charge in [-0.25, -0.2) is 0 Å². The number of hydrogen-bond donors (Lipinski definition) is 4. The summed E-state index contributed by atoms with van der Waals surface area (Å²) in [4.78, 5) is 53.4. The highest BCUT2D eigenvalue weighted by Gasteiger charge is 2.38. The molecule has 0 radical (unpaired) electrons. The molecule has 1 aromatic heterocycles. The van der Waals surface area contributed by atoms with Crippen molar-refractivity contribution in [1.29, 1.82) is 0 Å². The average Bonchev–Trinajstić information content (AvgIpc) is 3.61. The van der Waals surface area contributed by atoms with Gasteiger partial charge in [0.25, 0.3) is 0 Å². The van der Waals surface area contributed by atoms with Gasteiger partial charge in [-0.1, -0.05) is 53.7 Å². The molecule has 1 aliphatic rings. The second kappa shape index (κ2) is 12.7. The summed E-state index contributed by atoms with van der Waals surface area (Å²) in [5.74, 6) is -1.51. The number of nitrogens with zero attached hydrogens (tertiary/aromatic N) is 4. The van der Waals surface area contributed by atoms with E-state index in [1.165, 1.54) is 12.0 Å². The molecule has 13 nitrogen and oxygen atoms in total. The minimum atomic E-state index is -1.03. The number of nitrogens with one attached hydrogen (secondary N) is 4. The van der Waals surface area contributed by atoms with Crippen LogP contribution >= 0.6 is 0 Å². The van der Waals surface area contributed by atoms with Gasteiger partial charge in [0, 0.05) is 19.2 Å². The first-order chi connectivity index (χ1) is 18.9. The maximum absolute atomic E-state index is 13.4. The summed E-state index contributed by atoms with van der Waals surface area (Å²) in [6.45, 7) is 1.30. The first-order valence-corrected chi connectivity index (χ1v) is 12.4. The lowest BCUT2D eigenvalue weighted by atomic mass is 10.1. The number of H-pyrrole nitrogens is 1. The van der Waals surface area contributed by atoms with Crippen LogP contribution in [0.4, 0.5) is 5.69 Å². The van der Waals surface area contributed by atoms with Crippen LogP contribution < -0.4 is 20.9 Å². The van der Waals surface area contributed by atoms with E-state index < -0.39 is 35.9 Å². The predicted molar refractivity (Wildman–Crippen MR) is 139 cm³/mol. The van der Waals surface area contributed by atoms with Crippen molar-refractivity contribution in [2.24, 2.45) is 0 Å². The number of hydrogen-bond acceptors (Lipinski definition) is 8. The van der Waals surface area contributed by atoms with Gasteiger partial charge in [0.1, 0.15) is 12.1 Å². The molecule has 0 saturated carbocycles. The third-order valence-corrected chi connectivity index (χ3v) is 6.42. The van der Waals surface area contributed by atoms with Crippen molar-refractivity contribution in [3.05, 3.63) is 71.5 Å². The Balaban J connectivity index is 1.41. The largest absolute Gasteiger partial charge is 0.379 e. The maximum Gasteiger partial charge on any atom is 0.247 e. The van der Waals surface area contributed by atoms with Crippen LogP contribution in [0.3, 0.4) is 0 Å². The molecule has 4 N–H and O–H groups in total. The Morgan fingerprint density at radius 1 is 1.08 bits per heavy atom. The van der Waals surface area contributed by atoms with E-state index in [0.29, 0.717) is 17.9 Å². The summed E-state index contributed by atoms with van der Waals surface area (Å²) in [5, 5.41) is 21.4. The van der Waals surface area contributed by atoms with Crippen LogP contribution in [0, 0.1) is 0 Å². The zero-order valence-corrected chi connectivity index (χ0v) is 21.6. The van der Waals surface area contributed by atoms with Crippen LogP contribution in [-0.4, -0.2) is 76.1 Å². The molecule has 2 heterocycles. The summed E-state index contributed by atoms with van der Waals surface area (Å²) in [7, 11) is 1.43. The monoisotopic (exact) mass is 534 g/mol. The second-order valence-corrected chi connectivity index (χ2v) is 9.02. The fourth-order valence-electron chi connectivity index (χ4n) is 4.34. The number of tetrazole rings is 1. The predicted octanol–water partition coefficient (Wildman–Crippen LogP) is -0.348. The van der Waals surface area contributed by atoms with Gasteiger partial charge < -0.3 is 20.7 Å². The van der Waals surface area contributed by atoms with E-state index in [2.05, 4.69) is 36.6 Å². The number of para-hydroxylation sites is 1. The minimum absolute atomic E-state index is 0.0419. The molecule has 4 rings (SSSR count). The van der Waals surface area contributed by atoms with Crippen molar-refractivity contribution in [1.82, 2.24) is 36.6 Å². The molecule has 0 unspecified atom stereocenters. The Morgan fingerprint density at radius 2 is 1.82 bits per heavy atom. The molecule has 2 aromatic carbocycles. The van der Waals surface area contributed by atoms with Crippen LogP contribution in [0.25, 0.3) is 0 Å². The van der Waals surface area contributed by atoms with Gasteiger partial charge in [-0.2, -0.15) is 5.21 Å². The van der Waals surface area contributed by atoms with E-state index in [4.69, 9.17) is 4.74 Å². The third kappa shape index (κ3) is 6.82. The highest BCUT2D eigenvalue weighted by molar-refractivity contribution is 6.05. The van der Waals surface area contributed by atoms with Crippen LogP contribution in [0.1, 0.15) is 23.9 Å². The number of fused-ring (bicyclic) bond motifs is 1. The van der Waals surface area contributed by atoms with E-state index in [-0.39, 0.29) is 25.4 Å². The van der Waals surface area contributed by atoms with Gasteiger partial charge in [0.05, 0.1) is 25.6 Å². The lowest BCUT2D eigenvalue weighted by Gasteiger charge is -2.26. The normalized spacial score (nSPS) is 15.6. The first kappa shape index (κ1) is 27.4. The van der Waals surface area contributed by atoms with E-state index in [1.54, 1.807) is 19.1 Å². The van der Waals surface area contributed by atoms with Gasteiger partial charge in [-0.05, 0) is 24.1 Å². The maximum atomic E-state index is 13.4. The molecule has 3 aromatic rings. The van der Waals surface area contributed by atoms with Crippen LogP contribution in [-0.2, 0) is 43.3 Å². The molecule has 4 amide bonds. The smallest absolute Gasteiger partial charge is 0.247 e. The lowest BCUT2D eigenvalue weighted by molar-refractivity contribution is -0.133. The fourth-order valence-corrected chi connectivity index (χ4v) is 4.34. The van der Waals surface area contributed by atoms with Gasteiger partial charge in [0.15, 0.2) is 5.82 Å². The zero-order valence-electron chi connectivity index (χ0n) is 21.6. The summed E-state index contributed by atoms with van der Waals surface area (Å²) in [6, 6.07) is 14.5. The number of benzene rings is 2. The molecular weight excluding hydrogens is 504 g/mol. The third-order valence-electron chi connectivity index (χ3n) is 6.42. The van der Waals surface area contributed by atoms with Gasteiger partial charge in [-0.15, -0.1) is 10.2 Å². The number of methoxy groups -OCH3 is 1. The summed E-state index contributed by atoms with van der Waals surface area (Å²) in [6.07, 6.45) is -0.256. The van der Waals surface area contributed by atoms with Crippen molar-refractivity contribution < 1.29 is 23.9 Å². The van der Waals surface area contributed by atoms with E-state index in [1.807, 2.05) is 42.5 Å². The van der Waals surface area contributed by atoms with E-state index >= 15 is 0 Å². The first-order valence-electron chi connectivity index (χ1n) is 12.4. The second-order valence-electron chi connectivity index (χ2n) is 9.02. The number of carbonyl (C=O) groups is 4. The summed E-state index contributed by atoms with van der Waals surface area (Å²) in [5.41, 5.74) is 2.22. The lowest BCUT2D eigenvalue weighted by Crippen LogP contribution is -2.56. The Hall–Kier alpha value is -4.65. The molecule has 0 bridgehead atoms. The van der Waals surface area contributed by atoms with Gasteiger partial charge in [-0.3, -0.25) is 24.1 Å². The Morgan fingerprint density at radius 3 is 2.54 bits per heavy atom. The fraction of sp³-hybridized carbons (Fsp3) is 0.346. The molecule has 39 heavy (non-hydrogen) atoms. The van der Waals surface area contributed by atoms with Crippen LogP contribution in [0.2, 0.25) is 0 Å². The molecule has 1 aliphatic heterocycles. The van der Waals surface area contributed by atoms with Crippen molar-refractivity contribution in [2.75, 3.05) is 18.6 Å². The average molecular weight is 535 g/mol. The minimum Gasteiger partial charge on any atom is -0.379 e. The Labute approximate surface area is 224 Å². The number of aromatic amines is 1. The Bertz CT molecular complexity index is 1300. The van der Waals surface area contributed by atoms with E-state index in [0.717, 1.165) is 11.1 Å². The number of rotatable bonds is 11. The topological polar surface area (TPSA) is 171 Å². The molecule has 0 spiro atoms.